The second-order valence-corrected chi connectivity index (χ2v) is 5.37. The van der Waals surface area contributed by atoms with Crippen molar-refractivity contribution in [1.82, 2.24) is 10.6 Å². The van der Waals surface area contributed by atoms with Gasteiger partial charge in [-0.15, -0.1) is 0 Å². The van der Waals surface area contributed by atoms with E-state index in [1.54, 1.807) is 0 Å². The summed E-state index contributed by atoms with van der Waals surface area (Å²) >= 11 is 0. The molecule has 0 aromatic rings. The molecule has 1 aliphatic carbocycles. The lowest BCUT2D eigenvalue weighted by molar-refractivity contribution is 0.211. The first-order chi connectivity index (χ1) is 7.37. The molecule has 2 aliphatic rings. The van der Waals surface area contributed by atoms with Gasteiger partial charge >= 0.3 is 0 Å². The first-order valence-electron chi connectivity index (χ1n) is 6.83. The molecule has 1 unspecified atom stereocenters. The fraction of sp³-hybridized carbons (Fsp3) is 1.00. The molecule has 1 saturated carbocycles. The third-order valence-corrected chi connectivity index (χ3v) is 4.34. The Balaban J connectivity index is 2.01. The monoisotopic (exact) mass is 210 g/mol. The molecule has 2 fully saturated rings. The summed E-state index contributed by atoms with van der Waals surface area (Å²) in [5.74, 6) is 0.926. The highest BCUT2D eigenvalue weighted by Gasteiger charge is 2.39. The minimum Gasteiger partial charge on any atom is -0.303 e. The zero-order valence-electron chi connectivity index (χ0n) is 10.1. The minimum atomic E-state index is 0.444. The lowest BCUT2D eigenvalue weighted by Gasteiger charge is -2.37. The quantitative estimate of drug-likeness (QED) is 0.700. The third kappa shape index (κ3) is 2.54. The molecule has 2 N–H and O–H groups in total. The van der Waals surface area contributed by atoms with E-state index in [0.29, 0.717) is 5.54 Å². The molecule has 2 heteroatoms. The van der Waals surface area contributed by atoms with Gasteiger partial charge in [0.1, 0.15) is 0 Å². The minimum absolute atomic E-state index is 0.444. The molecule has 88 valence electrons. The van der Waals surface area contributed by atoms with Crippen molar-refractivity contribution < 1.29 is 0 Å². The second kappa shape index (κ2) is 5.31. The molecule has 0 radical (unpaired) electrons. The highest BCUT2D eigenvalue weighted by molar-refractivity contribution is 4.99. The van der Waals surface area contributed by atoms with Gasteiger partial charge in [-0.3, -0.25) is 5.32 Å². The molecule has 0 spiro atoms. The van der Waals surface area contributed by atoms with Crippen LogP contribution in [0.2, 0.25) is 0 Å². The molecule has 0 amide bonds. The summed E-state index contributed by atoms with van der Waals surface area (Å²) < 4.78 is 0. The zero-order chi connectivity index (χ0) is 10.6. The average molecular weight is 210 g/mol. The normalized spacial score (nSPS) is 34.2. The van der Waals surface area contributed by atoms with Gasteiger partial charge in [-0.05, 0) is 25.2 Å². The predicted molar refractivity (Wildman–Crippen MR) is 64.8 cm³/mol. The Morgan fingerprint density at radius 2 is 1.87 bits per heavy atom. The zero-order valence-corrected chi connectivity index (χ0v) is 10.1. The number of hydrogen-bond donors (Lipinski definition) is 2. The van der Waals surface area contributed by atoms with Crippen LogP contribution in [0.5, 0.6) is 0 Å². The van der Waals surface area contributed by atoms with Gasteiger partial charge in [0.15, 0.2) is 0 Å². The average Bonchev–Trinajstić information content (AvgIpc) is 2.54. The van der Waals surface area contributed by atoms with E-state index in [-0.39, 0.29) is 0 Å². The van der Waals surface area contributed by atoms with Crippen LogP contribution in [0.1, 0.15) is 58.3 Å². The van der Waals surface area contributed by atoms with Crippen molar-refractivity contribution in [2.24, 2.45) is 5.92 Å². The van der Waals surface area contributed by atoms with Crippen molar-refractivity contribution in [2.75, 3.05) is 13.2 Å². The van der Waals surface area contributed by atoms with Crippen LogP contribution in [0, 0.1) is 5.92 Å². The molecule has 0 aromatic heterocycles. The van der Waals surface area contributed by atoms with Crippen LogP contribution in [0.4, 0.5) is 0 Å². The summed E-state index contributed by atoms with van der Waals surface area (Å²) in [6, 6.07) is 0. The summed E-state index contributed by atoms with van der Waals surface area (Å²) in [7, 11) is 0. The Morgan fingerprint density at radius 1 is 1.13 bits per heavy atom. The van der Waals surface area contributed by atoms with Gasteiger partial charge in [0.25, 0.3) is 0 Å². The van der Waals surface area contributed by atoms with Crippen molar-refractivity contribution in [2.45, 2.75) is 63.8 Å². The first-order valence-corrected chi connectivity index (χ1v) is 6.83. The molecule has 1 saturated heterocycles. The van der Waals surface area contributed by atoms with Crippen LogP contribution < -0.4 is 10.6 Å². The van der Waals surface area contributed by atoms with Crippen molar-refractivity contribution >= 4 is 0 Å². The molecule has 1 atom stereocenters. The maximum atomic E-state index is 3.76. The van der Waals surface area contributed by atoms with Crippen molar-refractivity contribution in [3.05, 3.63) is 0 Å². The highest BCUT2D eigenvalue weighted by atomic mass is 15.2. The molecule has 15 heavy (non-hydrogen) atoms. The SMILES string of the molecule is CCCC1(C2CCCCCC2)CNCN1. The van der Waals surface area contributed by atoms with Gasteiger partial charge < -0.3 is 5.32 Å². The first kappa shape index (κ1) is 11.4. The molecule has 1 heterocycles. The third-order valence-electron chi connectivity index (χ3n) is 4.34. The van der Waals surface area contributed by atoms with E-state index in [1.807, 2.05) is 0 Å². The van der Waals surface area contributed by atoms with Crippen LogP contribution in [-0.4, -0.2) is 18.8 Å². The Morgan fingerprint density at radius 3 is 2.40 bits per heavy atom. The lowest BCUT2D eigenvalue weighted by atomic mass is 9.77. The predicted octanol–water partition coefficient (Wildman–Crippen LogP) is 2.65. The van der Waals surface area contributed by atoms with E-state index in [0.717, 1.165) is 12.6 Å². The van der Waals surface area contributed by atoms with Gasteiger partial charge in [-0.2, -0.15) is 0 Å². The van der Waals surface area contributed by atoms with Gasteiger partial charge in [-0.25, -0.2) is 0 Å². The number of rotatable bonds is 3. The van der Waals surface area contributed by atoms with Crippen LogP contribution >= 0.6 is 0 Å². The van der Waals surface area contributed by atoms with Gasteiger partial charge in [-0.1, -0.05) is 39.0 Å². The smallest absolute Gasteiger partial charge is 0.0459 e. The molecule has 0 aromatic carbocycles. The van der Waals surface area contributed by atoms with Crippen LogP contribution in [0.3, 0.4) is 0 Å². The molecule has 2 rings (SSSR count). The Labute approximate surface area is 94.2 Å². The number of hydrogen-bond acceptors (Lipinski definition) is 2. The van der Waals surface area contributed by atoms with Gasteiger partial charge in [0.2, 0.25) is 0 Å². The van der Waals surface area contributed by atoms with E-state index in [4.69, 9.17) is 0 Å². The fourth-order valence-electron chi connectivity index (χ4n) is 3.53. The molecule has 1 aliphatic heterocycles. The van der Waals surface area contributed by atoms with E-state index in [9.17, 15) is 0 Å². The van der Waals surface area contributed by atoms with Gasteiger partial charge in [0, 0.05) is 18.8 Å². The van der Waals surface area contributed by atoms with Crippen molar-refractivity contribution in [3.8, 4) is 0 Å². The van der Waals surface area contributed by atoms with E-state index in [2.05, 4.69) is 17.6 Å². The molecule has 0 bridgehead atoms. The second-order valence-electron chi connectivity index (χ2n) is 5.37. The maximum Gasteiger partial charge on any atom is 0.0459 e. The van der Waals surface area contributed by atoms with Crippen molar-refractivity contribution in [3.63, 3.8) is 0 Å². The van der Waals surface area contributed by atoms with Gasteiger partial charge in [0.05, 0.1) is 0 Å². The highest BCUT2D eigenvalue weighted by Crippen LogP contribution is 2.35. The van der Waals surface area contributed by atoms with E-state index < -0.39 is 0 Å². The van der Waals surface area contributed by atoms with E-state index in [1.165, 1.54) is 57.9 Å². The topological polar surface area (TPSA) is 24.1 Å². The lowest BCUT2D eigenvalue weighted by Crippen LogP contribution is -2.49. The summed E-state index contributed by atoms with van der Waals surface area (Å²) in [5, 5.41) is 7.26. The Bertz CT molecular complexity index is 177. The maximum absolute atomic E-state index is 3.76. The Kier molecular flexibility index (Phi) is 4.04. The summed E-state index contributed by atoms with van der Waals surface area (Å²) in [5.41, 5.74) is 0.444. The molecular formula is C13H26N2. The Hall–Kier alpha value is -0.0800. The standard InChI is InChI=1S/C13H26N2/c1-2-9-13(10-14-11-15-13)12-7-5-3-4-6-8-12/h12,14-15H,2-11H2,1H3. The fourth-order valence-corrected chi connectivity index (χ4v) is 3.53. The van der Waals surface area contributed by atoms with E-state index >= 15 is 0 Å². The molecular weight excluding hydrogens is 184 g/mol. The van der Waals surface area contributed by atoms with Crippen LogP contribution in [0.15, 0.2) is 0 Å². The van der Waals surface area contributed by atoms with Crippen LogP contribution in [0.25, 0.3) is 0 Å². The van der Waals surface area contributed by atoms with Crippen LogP contribution in [-0.2, 0) is 0 Å². The summed E-state index contributed by atoms with van der Waals surface area (Å²) in [6.45, 7) is 4.54. The number of nitrogens with one attached hydrogen (secondary N) is 2. The molecule has 2 nitrogen and oxygen atoms in total. The largest absolute Gasteiger partial charge is 0.303 e. The summed E-state index contributed by atoms with van der Waals surface area (Å²) in [4.78, 5) is 0. The summed E-state index contributed by atoms with van der Waals surface area (Å²) in [6.07, 6.45) is 11.4. The van der Waals surface area contributed by atoms with Crippen molar-refractivity contribution in [1.29, 1.82) is 0 Å².